The third-order valence-electron chi connectivity index (χ3n) is 6.60. The number of aliphatic carboxylic acids is 1. The fraction of sp³-hybridized carbons (Fsp3) is 0.375. The predicted molar refractivity (Wildman–Crippen MR) is 122 cm³/mol. The molecule has 1 aromatic carbocycles. The van der Waals surface area contributed by atoms with E-state index in [1.807, 2.05) is 39.8 Å². The molecule has 1 unspecified atom stereocenters. The van der Waals surface area contributed by atoms with Crippen molar-refractivity contribution in [2.24, 2.45) is 5.92 Å². The number of fused-ring (bicyclic) bond motifs is 2. The van der Waals surface area contributed by atoms with Crippen molar-refractivity contribution in [3.05, 3.63) is 47.8 Å². The minimum absolute atomic E-state index is 0.0541. The van der Waals surface area contributed by atoms with Crippen LogP contribution in [0.15, 0.2) is 36.5 Å². The van der Waals surface area contributed by atoms with Gasteiger partial charge in [-0.2, -0.15) is 0 Å². The number of nitrogens with zero attached hydrogens (tertiary/aromatic N) is 4. The smallest absolute Gasteiger partial charge is 0.307 e. The van der Waals surface area contributed by atoms with E-state index in [-0.39, 0.29) is 11.8 Å². The molecule has 2 aliphatic heterocycles. The molecule has 2 aromatic heterocycles. The van der Waals surface area contributed by atoms with Crippen molar-refractivity contribution in [2.45, 2.75) is 32.7 Å². The fourth-order valence-corrected chi connectivity index (χ4v) is 4.98. The molecule has 2 aliphatic rings. The molecule has 4 heterocycles. The zero-order valence-electron chi connectivity index (χ0n) is 18.1. The second kappa shape index (κ2) is 7.94. The molecule has 5 rings (SSSR count). The monoisotopic (exact) mass is 433 g/mol. The second-order valence-corrected chi connectivity index (χ2v) is 8.77. The van der Waals surface area contributed by atoms with Crippen molar-refractivity contribution in [1.82, 2.24) is 14.3 Å². The van der Waals surface area contributed by atoms with Crippen LogP contribution in [0.25, 0.3) is 16.9 Å². The summed E-state index contributed by atoms with van der Waals surface area (Å²) in [4.78, 5) is 32.4. The number of benzene rings is 1. The zero-order chi connectivity index (χ0) is 22.4. The Hall–Kier alpha value is -3.39. The minimum atomic E-state index is -0.731. The Morgan fingerprint density at radius 2 is 2.06 bits per heavy atom. The normalized spacial score (nSPS) is 18.8. The van der Waals surface area contributed by atoms with Crippen LogP contribution in [-0.2, 0) is 22.6 Å². The van der Waals surface area contributed by atoms with E-state index >= 15 is 0 Å². The molecular weight excluding hydrogens is 406 g/mol. The summed E-state index contributed by atoms with van der Waals surface area (Å²) in [7, 11) is 0. The average molecular weight is 434 g/mol. The van der Waals surface area contributed by atoms with Gasteiger partial charge < -0.3 is 20.1 Å². The number of carboxylic acids is 1. The number of carboxylic acid groups (broad SMARTS) is 1. The molecular formula is C24H27N5O3. The summed E-state index contributed by atoms with van der Waals surface area (Å²) < 4.78 is 2.02. The van der Waals surface area contributed by atoms with Crippen LogP contribution in [0.1, 0.15) is 31.0 Å². The Bertz CT molecular complexity index is 1220. The largest absolute Gasteiger partial charge is 0.481 e. The van der Waals surface area contributed by atoms with Gasteiger partial charge in [-0.1, -0.05) is 6.07 Å². The molecule has 3 N–H and O–H groups in total. The number of imidazole rings is 1. The molecule has 1 atom stereocenters. The van der Waals surface area contributed by atoms with Gasteiger partial charge in [0.1, 0.15) is 5.65 Å². The lowest BCUT2D eigenvalue weighted by Crippen LogP contribution is -2.38. The minimum Gasteiger partial charge on any atom is -0.481 e. The SMILES string of the molecule is CC(=O)N1CCc2cc(-c3nc4ccc(N)cn4c3CN3CCCC(C(=O)O)C3)ccc21. The Morgan fingerprint density at radius 3 is 2.84 bits per heavy atom. The summed E-state index contributed by atoms with van der Waals surface area (Å²) >= 11 is 0. The highest BCUT2D eigenvalue weighted by Crippen LogP contribution is 2.34. The van der Waals surface area contributed by atoms with Gasteiger partial charge in [-0.15, -0.1) is 0 Å². The number of likely N-dealkylation sites (tertiary alicyclic amines) is 1. The van der Waals surface area contributed by atoms with Gasteiger partial charge in [0.2, 0.25) is 5.91 Å². The highest BCUT2D eigenvalue weighted by atomic mass is 16.4. The van der Waals surface area contributed by atoms with Crippen molar-refractivity contribution in [3.8, 4) is 11.3 Å². The van der Waals surface area contributed by atoms with Crippen LogP contribution in [0, 0.1) is 5.92 Å². The van der Waals surface area contributed by atoms with Crippen LogP contribution in [0.4, 0.5) is 11.4 Å². The van der Waals surface area contributed by atoms with Crippen LogP contribution >= 0.6 is 0 Å². The van der Waals surface area contributed by atoms with Crippen LogP contribution < -0.4 is 10.6 Å². The first-order valence-electron chi connectivity index (χ1n) is 11.0. The van der Waals surface area contributed by atoms with Gasteiger partial charge in [0, 0.05) is 49.7 Å². The molecule has 8 nitrogen and oxygen atoms in total. The number of nitrogens with two attached hydrogens (primary N) is 1. The molecule has 0 radical (unpaired) electrons. The van der Waals surface area contributed by atoms with Gasteiger partial charge in [-0.05, 0) is 55.6 Å². The van der Waals surface area contributed by atoms with Gasteiger partial charge in [0.25, 0.3) is 0 Å². The van der Waals surface area contributed by atoms with E-state index in [1.165, 1.54) is 0 Å². The summed E-state index contributed by atoms with van der Waals surface area (Å²) in [6, 6.07) is 9.89. The van der Waals surface area contributed by atoms with E-state index in [0.29, 0.717) is 25.3 Å². The average Bonchev–Trinajstić information content (AvgIpc) is 3.35. The van der Waals surface area contributed by atoms with Gasteiger partial charge >= 0.3 is 5.97 Å². The molecule has 0 saturated carbocycles. The Kier molecular flexibility index (Phi) is 5.09. The molecule has 8 heteroatoms. The third-order valence-corrected chi connectivity index (χ3v) is 6.60. The molecule has 3 aromatic rings. The molecule has 0 bridgehead atoms. The maximum Gasteiger partial charge on any atom is 0.307 e. The van der Waals surface area contributed by atoms with Crippen molar-refractivity contribution in [1.29, 1.82) is 0 Å². The lowest BCUT2D eigenvalue weighted by molar-refractivity contribution is -0.143. The topological polar surface area (TPSA) is 104 Å². The highest BCUT2D eigenvalue weighted by Gasteiger charge is 2.28. The Labute approximate surface area is 186 Å². The summed E-state index contributed by atoms with van der Waals surface area (Å²) in [5.41, 5.74) is 12.5. The molecule has 1 amide bonds. The molecule has 32 heavy (non-hydrogen) atoms. The third kappa shape index (κ3) is 3.60. The summed E-state index contributed by atoms with van der Waals surface area (Å²) in [6.45, 7) is 4.28. The fourth-order valence-electron chi connectivity index (χ4n) is 4.98. The van der Waals surface area contributed by atoms with E-state index in [4.69, 9.17) is 10.7 Å². The van der Waals surface area contributed by atoms with Crippen LogP contribution in [0.2, 0.25) is 0 Å². The predicted octanol–water partition coefficient (Wildman–Crippen LogP) is 2.79. The van der Waals surface area contributed by atoms with Gasteiger partial charge in [0.15, 0.2) is 0 Å². The van der Waals surface area contributed by atoms with Crippen molar-refractivity contribution >= 4 is 28.9 Å². The van der Waals surface area contributed by atoms with Crippen molar-refractivity contribution in [2.75, 3.05) is 30.3 Å². The lowest BCUT2D eigenvalue weighted by atomic mass is 9.98. The number of rotatable bonds is 4. The van der Waals surface area contributed by atoms with Crippen molar-refractivity contribution < 1.29 is 14.7 Å². The number of piperidine rings is 1. The standard InChI is InChI=1S/C24H27N5O3/c1-15(30)28-10-8-16-11-17(4-6-20(16)28)23-21(29-13-19(25)5-7-22(29)26-23)14-27-9-2-3-18(12-27)24(31)32/h4-7,11,13,18H,2-3,8-10,12,14,25H2,1H3,(H,31,32). The zero-order valence-corrected chi connectivity index (χ0v) is 18.1. The maximum atomic E-state index is 11.9. The molecule has 1 fully saturated rings. The van der Waals surface area contributed by atoms with Gasteiger partial charge in [0.05, 0.1) is 17.3 Å². The van der Waals surface area contributed by atoms with Gasteiger partial charge in [-0.25, -0.2) is 4.98 Å². The van der Waals surface area contributed by atoms with Gasteiger partial charge in [-0.3, -0.25) is 14.5 Å². The second-order valence-electron chi connectivity index (χ2n) is 8.77. The van der Waals surface area contributed by atoms with Crippen molar-refractivity contribution in [3.63, 3.8) is 0 Å². The highest BCUT2D eigenvalue weighted by molar-refractivity contribution is 5.94. The summed E-state index contributed by atoms with van der Waals surface area (Å²) in [5.74, 6) is -1.02. The van der Waals surface area contributed by atoms with E-state index in [0.717, 1.165) is 59.7 Å². The van der Waals surface area contributed by atoms with E-state index < -0.39 is 5.97 Å². The molecule has 166 valence electrons. The number of carbonyl (C=O) groups excluding carboxylic acids is 1. The Morgan fingerprint density at radius 1 is 1.22 bits per heavy atom. The molecule has 0 aliphatic carbocycles. The number of aromatic nitrogens is 2. The van der Waals surface area contributed by atoms with E-state index in [9.17, 15) is 14.7 Å². The molecule has 0 spiro atoms. The number of amides is 1. The van der Waals surface area contributed by atoms with E-state index in [1.54, 1.807) is 6.92 Å². The number of hydrogen-bond donors (Lipinski definition) is 2. The number of hydrogen-bond acceptors (Lipinski definition) is 5. The first-order chi connectivity index (χ1) is 15.4. The quantitative estimate of drug-likeness (QED) is 0.656. The summed E-state index contributed by atoms with van der Waals surface area (Å²) in [5, 5.41) is 9.48. The van der Waals surface area contributed by atoms with Crippen LogP contribution in [0.5, 0.6) is 0 Å². The van der Waals surface area contributed by atoms with Crippen LogP contribution in [0.3, 0.4) is 0 Å². The first-order valence-corrected chi connectivity index (χ1v) is 11.0. The van der Waals surface area contributed by atoms with E-state index in [2.05, 4.69) is 11.0 Å². The number of nitrogen functional groups attached to an aromatic ring is 1. The summed E-state index contributed by atoms with van der Waals surface area (Å²) in [6.07, 6.45) is 4.29. The molecule has 1 saturated heterocycles. The number of pyridine rings is 1. The number of carbonyl (C=O) groups is 2. The Balaban J connectivity index is 1.55. The lowest BCUT2D eigenvalue weighted by Gasteiger charge is -2.30. The first kappa shape index (κ1) is 20.5. The maximum absolute atomic E-state index is 11.9. The van der Waals surface area contributed by atoms with Crippen LogP contribution in [-0.4, -0.2) is 50.9 Å². The number of anilines is 2.